The molecule has 0 aliphatic carbocycles. The van der Waals surface area contributed by atoms with Crippen molar-refractivity contribution in [2.45, 2.75) is 19.3 Å². The van der Waals surface area contributed by atoms with Gasteiger partial charge in [-0.25, -0.2) is 28.1 Å². The number of hydrogen-bond acceptors (Lipinski definition) is 4. The highest BCUT2D eigenvalue weighted by atomic mass is 19.1. The molecule has 0 amide bonds. The van der Waals surface area contributed by atoms with Crippen LogP contribution in [-0.4, -0.2) is 29.5 Å². The van der Waals surface area contributed by atoms with Crippen LogP contribution in [0.3, 0.4) is 0 Å². The highest BCUT2D eigenvalue weighted by molar-refractivity contribution is 5.35. The standard InChI is InChI=1S/C19H16F2N6/c1-19(2,15-5-3-7-17(24-15)26-11-13(20)9-22-26)16-6-4-8-18(25-16)27-12-14(21)10-23-27/h3-12H,1-2H3. The molecule has 4 aromatic rings. The van der Waals surface area contributed by atoms with E-state index in [4.69, 9.17) is 0 Å². The van der Waals surface area contributed by atoms with Gasteiger partial charge in [0.05, 0.1) is 36.2 Å². The minimum absolute atomic E-state index is 0.428. The molecule has 136 valence electrons. The van der Waals surface area contributed by atoms with Crippen LogP contribution in [0, 0.1) is 11.6 Å². The lowest BCUT2D eigenvalue weighted by Crippen LogP contribution is -2.23. The van der Waals surface area contributed by atoms with Gasteiger partial charge in [-0.15, -0.1) is 0 Å². The fourth-order valence-electron chi connectivity index (χ4n) is 2.78. The molecule has 0 saturated carbocycles. The summed E-state index contributed by atoms with van der Waals surface area (Å²) in [6.07, 6.45) is 4.80. The first-order valence-corrected chi connectivity index (χ1v) is 8.30. The van der Waals surface area contributed by atoms with Crippen LogP contribution in [-0.2, 0) is 5.41 Å². The van der Waals surface area contributed by atoms with Gasteiger partial charge in [0.1, 0.15) is 0 Å². The van der Waals surface area contributed by atoms with E-state index >= 15 is 0 Å². The van der Waals surface area contributed by atoms with Gasteiger partial charge in [-0.2, -0.15) is 10.2 Å². The third kappa shape index (κ3) is 3.21. The van der Waals surface area contributed by atoms with E-state index in [-0.39, 0.29) is 0 Å². The van der Waals surface area contributed by atoms with Crippen molar-refractivity contribution in [1.82, 2.24) is 29.5 Å². The molecule has 0 unspecified atom stereocenters. The first-order valence-electron chi connectivity index (χ1n) is 8.30. The fraction of sp³-hybridized carbons (Fsp3) is 0.158. The molecule has 0 spiro atoms. The van der Waals surface area contributed by atoms with Gasteiger partial charge in [-0.1, -0.05) is 12.1 Å². The molecule has 0 atom stereocenters. The number of nitrogens with zero attached hydrogens (tertiary/aromatic N) is 6. The Morgan fingerprint density at radius 1 is 0.741 bits per heavy atom. The average molecular weight is 366 g/mol. The summed E-state index contributed by atoms with van der Waals surface area (Å²) in [7, 11) is 0. The second-order valence-electron chi connectivity index (χ2n) is 6.59. The molecule has 8 heteroatoms. The van der Waals surface area contributed by atoms with E-state index < -0.39 is 17.0 Å². The largest absolute Gasteiger partial charge is 0.233 e. The second kappa shape index (κ2) is 6.39. The molecule has 0 fully saturated rings. The van der Waals surface area contributed by atoms with Crippen molar-refractivity contribution in [3.63, 3.8) is 0 Å². The highest BCUT2D eigenvalue weighted by Crippen LogP contribution is 2.29. The summed E-state index contributed by atoms with van der Waals surface area (Å²) in [5.41, 5.74) is 0.933. The summed E-state index contributed by atoms with van der Waals surface area (Å²) in [6, 6.07) is 10.9. The lowest BCUT2D eigenvalue weighted by atomic mass is 9.84. The quantitative estimate of drug-likeness (QED) is 0.555. The Morgan fingerprint density at radius 3 is 1.56 bits per heavy atom. The maximum Gasteiger partial charge on any atom is 0.161 e. The molecule has 27 heavy (non-hydrogen) atoms. The number of hydrogen-bond donors (Lipinski definition) is 0. The summed E-state index contributed by atoms with van der Waals surface area (Å²) >= 11 is 0. The molecule has 6 nitrogen and oxygen atoms in total. The molecule has 4 rings (SSSR count). The topological polar surface area (TPSA) is 61.4 Å². The third-order valence-electron chi connectivity index (χ3n) is 4.32. The van der Waals surface area contributed by atoms with E-state index in [0.29, 0.717) is 11.6 Å². The Labute approximate surface area is 154 Å². The zero-order valence-electron chi connectivity index (χ0n) is 14.7. The Kier molecular flexibility index (Phi) is 4.02. The van der Waals surface area contributed by atoms with Crippen LogP contribution < -0.4 is 0 Å². The highest BCUT2D eigenvalue weighted by Gasteiger charge is 2.27. The van der Waals surface area contributed by atoms with Crippen molar-refractivity contribution in [3.05, 3.63) is 84.2 Å². The zero-order valence-corrected chi connectivity index (χ0v) is 14.7. The predicted octanol–water partition coefficient (Wildman–Crippen LogP) is 3.45. The van der Waals surface area contributed by atoms with Crippen LogP contribution in [0.1, 0.15) is 25.2 Å². The third-order valence-corrected chi connectivity index (χ3v) is 4.32. The zero-order chi connectivity index (χ0) is 19.0. The summed E-state index contributed by atoms with van der Waals surface area (Å²) in [6.45, 7) is 3.97. The Balaban J connectivity index is 1.73. The lowest BCUT2D eigenvalue weighted by Gasteiger charge is -2.24. The maximum absolute atomic E-state index is 13.3. The molecule has 0 bridgehead atoms. The molecule has 0 saturated heterocycles. The van der Waals surface area contributed by atoms with Gasteiger partial charge in [0, 0.05) is 5.41 Å². The summed E-state index contributed by atoms with van der Waals surface area (Å²) in [4.78, 5) is 9.24. The molecule has 0 aliphatic rings. The van der Waals surface area contributed by atoms with Crippen molar-refractivity contribution in [3.8, 4) is 11.6 Å². The van der Waals surface area contributed by atoms with Gasteiger partial charge in [-0.05, 0) is 38.1 Å². The van der Waals surface area contributed by atoms with Crippen molar-refractivity contribution in [2.24, 2.45) is 0 Å². The molecule has 0 radical (unpaired) electrons. The lowest BCUT2D eigenvalue weighted by molar-refractivity contribution is 0.587. The average Bonchev–Trinajstić information content (AvgIpc) is 3.30. The number of aromatic nitrogens is 6. The normalized spacial score (nSPS) is 11.7. The van der Waals surface area contributed by atoms with Crippen LogP contribution in [0.5, 0.6) is 0 Å². The monoisotopic (exact) mass is 366 g/mol. The van der Waals surface area contributed by atoms with Crippen LogP contribution in [0.2, 0.25) is 0 Å². The SMILES string of the molecule is CC(C)(c1cccc(-n2cc(F)cn2)n1)c1cccc(-n2cc(F)cn2)n1. The molecule has 0 aromatic carbocycles. The first kappa shape index (κ1) is 17.0. The van der Waals surface area contributed by atoms with Crippen molar-refractivity contribution in [1.29, 1.82) is 0 Å². The minimum Gasteiger partial charge on any atom is -0.233 e. The van der Waals surface area contributed by atoms with E-state index in [0.717, 1.165) is 23.8 Å². The van der Waals surface area contributed by atoms with Gasteiger partial charge in [0.2, 0.25) is 0 Å². The van der Waals surface area contributed by atoms with Gasteiger partial charge < -0.3 is 0 Å². The summed E-state index contributed by atoms with van der Waals surface area (Å²) in [5.74, 6) is 0.161. The Bertz CT molecular complexity index is 1010. The van der Waals surface area contributed by atoms with Crippen molar-refractivity contribution < 1.29 is 8.78 Å². The summed E-state index contributed by atoms with van der Waals surface area (Å²) < 4.78 is 29.3. The molecular weight excluding hydrogens is 350 g/mol. The van der Waals surface area contributed by atoms with Gasteiger partial charge in [0.15, 0.2) is 23.3 Å². The van der Waals surface area contributed by atoms with Gasteiger partial charge >= 0.3 is 0 Å². The fourth-order valence-corrected chi connectivity index (χ4v) is 2.78. The van der Waals surface area contributed by atoms with E-state index in [2.05, 4.69) is 20.2 Å². The van der Waals surface area contributed by atoms with Gasteiger partial charge in [0.25, 0.3) is 0 Å². The maximum atomic E-state index is 13.3. The van der Waals surface area contributed by atoms with Crippen LogP contribution in [0.25, 0.3) is 11.6 Å². The molecule has 0 aliphatic heterocycles. The van der Waals surface area contributed by atoms with Crippen LogP contribution in [0.4, 0.5) is 8.78 Å². The number of pyridine rings is 2. The van der Waals surface area contributed by atoms with Crippen LogP contribution in [0.15, 0.2) is 61.2 Å². The number of rotatable bonds is 4. The predicted molar refractivity (Wildman–Crippen MR) is 94.8 cm³/mol. The molecule has 4 aromatic heterocycles. The molecule has 0 N–H and O–H groups in total. The smallest absolute Gasteiger partial charge is 0.161 e. The Morgan fingerprint density at radius 2 is 1.19 bits per heavy atom. The van der Waals surface area contributed by atoms with Crippen molar-refractivity contribution >= 4 is 0 Å². The molecular formula is C19H16F2N6. The minimum atomic E-state index is -0.552. The van der Waals surface area contributed by atoms with E-state index in [1.807, 2.05) is 38.1 Å². The Hall–Kier alpha value is -3.42. The number of halogens is 2. The first-order chi connectivity index (χ1) is 12.9. The molecule has 4 heterocycles. The second-order valence-corrected chi connectivity index (χ2v) is 6.59. The van der Waals surface area contributed by atoms with Crippen LogP contribution >= 0.6 is 0 Å². The van der Waals surface area contributed by atoms with Gasteiger partial charge in [-0.3, -0.25) is 0 Å². The summed E-state index contributed by atoms with van der Waals surface area (Å²) in [5, 5.41) is 7.91. The van der Waals surface area contributed by atoms with E-state index in [1.54, 1.807) is 12.1 Å². The van der Waals surface area contributed by atoms with E-state index in [1.165, 1.54) is 21.8 Å². The van der Waals surface area contributed by atoms with E-state index in [9.17, 15) is 8.78 Å². The van der Waals surface area contributed by atoms with Crippen molar-refractivity contribution in [2.75, 3.05) is 0 Å².